The molecule has 1 amide bonds. The molecule has 2 aromatic heterocycles. The average molecular weight is 385 g/mol. The zero-order valence-corrected chi connectivity index (χ0v) is 17.1. The van der Waals surface area contributed by atoms with Crippen LogP contribution in [-0.4, -0.2) is 34.5 Å². The average Bonchev–Trinajstić information content (AvgIpc) is 3.28. The normalized spacial score (nSPS) is 12.4. The van der Waals surface area contributed by atoms with Gasteiger partial charge >= 0.3 is 0 Å². The number of anilines is 1. The van der Waals surface area contributed by atoms with Gasteiger partial charge in [0.05, 0.1) is 17.5 Å². The summed E-state index contributed by atoms with van der Waals surface area (Å²) in [6.45, 7) is 8.24. The van der Waals surface area contributed by atoms with Crippen molar-refractivity contribution in [2.24, 2.45) is 0 Å². The van der Waals surface area contributed by atoms with Gasteiger partial charge in [0.15, 0.2) is 0 Å². The number of carbonyl (C=O) groups is 1. The van der Waals surface area contributed by atoms with Crippen molar-refractivity contribution >= 4 is 22.9 Å². The lowest BCUT2D eigenvalue weighted by molar-refractivity contribution is -0.117. The number of likely N-dealkylation sites (N-methyl/N-ethyl adjacent to an activating group) is 1. The minimum Gasteiger partial charge on any atom is -0.337 e. The molecule has 1 aromatic carbocycles. The van der Waals surface area contributed by atoms with Crippen LogP contribution >= 0.6 is 11.3 Å². The minimum atomic E-state index is -0.169. The lowest BCUT2D eigenvalue weighted by Crippen LogP contribution is -2.32. The van der Waals surface area contributed by atoms with E-state index in [9.17, 15) is 4.79 Å². The Bertz CT molecular complexity index is 910. The Morgan fingerprint density at radius 3 is 2.63 bits per heavy atom. The molecule has 3 rings (SSSR count). The van der Waals surface area contributed by atoms with Gasteiger partial charge in [-0.2, -0.15) is 4.98 Å². The molecule has 0 fully saturated rings. The van der Waals surface area contributed by atoms with Crippen molar-refractivity contribution in [3.05, 3.63) is 52.2 Å². The lowest BCUT2D eigenvalue weighted by Gasteiger charge is -2.21. The molecule has 0 aliphatic heterocycles. The van der Waals surface area contributed by atoms with Gasteiger partial charge in [0, 0.05) is 5.69 Å². The van der Waals surface area contributed by atoms with Crippen LogP contribution in [0.3, 0.4) is 0 Å². The monoisotopic (exact) mass is 384 g/mol. The molecular formula is C20H24N4O2S. The highest BCUT2D eigenvalue weighted by atomic mass is 32.1. The maximum absolute atomic E-state index is 12.5. The van der Waals surface area contributed by atoms with Gasteiger partial charge in [-0.1, -0.05) is 28.9 Å². The Hall–Kier alpha value is -2.51. The van der Waals surface area contributed by atoms with Crippen LogP contribution in [0.15, 0.2) is 34.2 Å². The summed E-state index contributed by atoms with van der Waals surface area (Å²) in [5, 5.41) is 9.04. The fourth-order valence-corrected chi connectivity index (χ4v) is 3.67. The zero-order valence-electron chi connectivity index (χ0n) is 16.2. The van der Waals surface area contributed by atoms with Gasteiger partial charge in [0.25, 0.3) is 0 Å². The number of nitrogens with one attached hydrogen (secondary N) is 1. The van der Waals surface area contributed by atoms with Crippen molar-refractivity contribution in [1.82, 2.24) is 15.0 Å². The molecule has 142 valence electrons. The Labute approximate surface area is 163 Å². The molecule has 1 N–H and O–H groups in total. The van der Waals surface area contributed by atoms with Crippen molar-refractivity contribution < 1.29 is 9.32 Å². The first-order chi connectivity index (χ1) is 12.8. The van der Waals surface area contributed by atoms with Crippen molar-refractivity contribution in [3.8, 4) is 10.7 Å². The number of aromatic nitrogens is 2. The van der Waals surface area contributed by atoms with Crippen LogP contribution in [0.2, 0.25) is 0 Å². The third-order valence-electron chi connectivity index (χ3n) is 4.54. The Morgan fingerprint density at radius 1 is 1.30 bits per heavy atom. The maximum Gasteiger partial charge on any atom is 0.244 e. The first-order valence-electron chi connectivity index (χ1n) is 8.80. The summed E-state index contributed by atoms with van der Waals surface area (Å²) in [5.41, 5.74) is 4.19. The molecule has 1 atom stereocenters. The standard InChI is InChI=1S/C20H24N4O2S/c1-12-9-13(2)18(14(3)10-12)21-17(25)11-24(5)15(4)20-22-19(23-26-20)16-7-6-8-27-16/h6-10,15H,11H2,1-5H3,(H,21,25). The van der Waals surface area contributed by atoms with Crippen LogP contribution in [0.5, 0.6) is 0 Å². The first-order valence-corrected chi connectivity index (χ1v) is 9.68. The quantitative estimate of drug-likeness (QED) is 0.684. The number of amides is 1. The van der Waals surface area contributed by atoms with E-state index in [0.29, 0.717) is 11.7 Å². The van der Waals surface area contributed by atoms with E-state index in [4.69, 9.17) is 4.52 Å². The molecule has 0 bridgehead atoms. The van der Waals surface area contributed by atoms with E-state index in [1.54, 1.807) is 11.3 Å². The third-order valence-corrected chi connectivity index (χ3v) is 5.40. The van der Waals surface area contributed by atoms with Gasteiger partial charge in [0.2, 0.25) is 17.6 Å². The molecule has 2 heterocycles. The first kappa shape index (κ1) is 19.3. The second-order valence-corrected chi connectivity index (χ2v) is 7.79. The van der Waals surface area contributed by atoms with E-state index in [0.717, 1.165) is 21.7 Å². The molecular weight excluding hydrogens is 360 g/mol. The number of hydrogen-bond donors (Lipinski definition) is 1. The summed E-state index contributed by atoms with van der Waals surface area (Å²) in [6.07, 6.45) is 0. The van der Waals surface area contributed by atoms with E-state index in [-0.39, 0.29) is 18.5 Å². The second-order valence-electron chi connectivity index (χ2n) is 6.85. The summed E-state index contributed by atoms with van der Waals surface area (Å²) in [4.78, 5) is 19.8. The summed E-state index contributed by atoms with van der Waals surface area (Å²) < 4.78 is 5.39. The summed E-state index contributed by atoms with van der Waals surface area (Å²) >= 11 is 1.56. The molecule has 0 aliphatic carbocycles. The number of nitrogens with zero attached hydrogens (tertiary/aromatic N) is 3. The molecule has 0 spiro atoms. The number of benzene rings is 1. The van der Waals surface area contributed by atoms with Crippen LogP contribution in [0.4, 0.5) is 5.69 Å². The van der Waals surface area contributed by atoms with Crippen LogP contribution in [0.1, 0.15) is 35.5 Å². The molecule has 27 heavy (non-hydrogen) atoms. The highest BCUT2D eigenvalue weighted by Crippen LogP contribution is 2.25. The third kappa shape index (κ3) is 4.43. The fraction of sp³-hybridized carbons (Fsp3) is 0.350. The van der Waals surface area contributed by atoms with Gasteiger partial charge < -0.3 is 9.84 Å². The van der Waals surface area contributed by atoms with E-state index < -0.39 is 0 Å². The molecule has 6 nitrogen and oxygen atoms in total. The summed E-state index contributed by atoms with van der Waals surface area (Å²) in [7, 11) is 1.87. The number of hydrogen-bond acceptors (Lipinski definition) is 6. The van der Waals surface area contributed by atoms with Crippen molar-refractivity contribution in [3.63, 3.8) is 0 Å². The number of carbonyl (C=O) groups excluding carboxylic acids is 1. The van der Waals surface area contributed by atoms with Gasteiger partial charge in [-0.3, -0.25) is 9.69 Å². The predicted octanol–water partition coefficient (Wildman–Crippen LogP) is 4.35. The highest BCUT2D eigenvalue weighted by Gasteiger charge is 2.22. The van der Waals surface area contributed by atoms with Gasteiger partial charge in [0.1, 0.15) is 0 Å². The Kier molecular flexibility index (Phi) is 5.72. The van der Waals surface area contributed by atoms with Crippen molar-refractivity contribution in [1.29, 1.82) is 0 Å². The molecule has 0 saturated carbocycles. The van der Waals surface area contributed by atoms with Crippen LogP contribution in [-0.2, 0) is 4.79 Å². The Balaban J connectivity index is 1.64. The van der Waals surface area contributed by atoms with Gasteiger partial charge in [-0.25, -0.2) is 0 Å². The number of rotatable bonds is 6. The fourth-order valence-electron chi connectivity index (χ4n) is 3.02. The molecule has 3 aromatic rings. The van der Waals surface area contributed by atoms with Gasteiger partial charge in [-0.15, -0.1) is 11.3 Å². The minimum absolute atomic E-state index is 0.0719. The predicted molar refractivity (Wildman–Crippen MR) is 108 cm³/mol. The van der Waals surface area contributed by atoms with Crippen LogP contribution < -0.4 is 5.32 Å². The lowest BCUT2D eigenvalue weighted by atomic mass is 10.1. The topological polar surface area (TPSA) is 71.3 Å². The molecule has 7 heteroatoms. The highest BCUT2D eigenvalue weighted by molar-refractivity contribution is 7.13. The summed E-state index contributed by atoms with van der Waals surface area (Å²) in [6, 6.07) is 7.87. The maximum atomic E-state index is 12.5. The van der Waals surface area contributed by atoms with Gasteiger partial charge in [-0.05, 0) is 57.3 Å². The second kappa shape index (κ2) is 8.02. The smallest absolute Gasteiger partial charge is 0.244 e. The Morgan fingerprint density at radius 2 is 2.00 bits per heavy atom. The molecule has 0 aliphatic rings. The van der Waals surface area contributed by atoms with E-state index in [2.05, 4.69) is 34.5 Å². The molecule has 0 radical (unpaired) electrons. The molecule has 0 saturated heterocycles. The van der Waals surface area contributed by atoms with Crippen molar-refractivity contribution in [2.45, 2.75) is 33.7 Å². The van der Waals surface area contributed by atoms with Crippen LogP contribution in [0.25, 0.3) is 10.7 Å². The van der Waals surface area contributed by atoms with E-state index in [1.165, 1.54) is 5.56 Å². The molecule has 1 unspecified atom stereocenters. The number of thiophene rings is 1. The summed E-state index contributed by atoms with van der Waals surface area (Å²) in [5.74, 6) is 1.00. The number of aryl methyl sites for hydroxylation is 3. The van der Waals surface area contributed by atoms with Crippen LogP contribution in [0, 0.1) is 20.8 Å². The SMILES string of the molecule is Cc1cc(C)c(NC(=O)CN(C)C(C)c2nc(-c3cccs3)no2)c(C)c1. The van der Waals surface area contributed by atoms with E-state index in [1.807, 2.05) is 50.2 Å². The zero-order chi connectivity index (χ0) is 19.6. The van der Waals surface area contributed by atoms with E-state index >= 15 is 0 Å². The largest absolute Gasteiger partial charge is 0.337 e. The van der Waals surface area contributed by atoms with Crippen molar-refractivity contribution in [2.75, 3.05) is 18.9 Å².